The van der Waals surface area contributed by atoms with Gasteiger partial charge in [0.2, 0.25) is 11.8 Å². The molecule has 1 aromatic heterocycles. The van der Waals surface area contributed by atoms with E-state index < -0.39 is 0 Å². The van der Waals surface area contributed by atoms with Gasteiger partial charge in [-0.25, -0.2) is 4.98 Å². The third-order valence-electron chi connectivity index (χ3n) is 3.71. The Morgan fingerprint density at radius 1 is 1.37 bits per heavy atom. The van der Waals surface area contributed by atoms with Crippen LogP contribution in [0.3, 0.4) is 0 Å². The van der Waals surface area contributed by atoms with Crippen LogP contribution in [0.15, 0.2) is 6.07 Å². The van der Waals surface area contributed by atoms with Crippen molar-refractivity contribution in [2.75, 3.05) is 39.1 Å². The van der Waals surface area contributed by atoms with E-state index in [4.69, 9.17) is 4.74 Å². The molecule has 0 unspecified atom stereocenters. The minimum absolute atomic E-state index is 0.620. The molecule has 5 nitrogen and oxygen atoms in total. The van der Waals surface area contributed by atoms with Gasteiger partial charge in [-0.2, -0.15) is 4.98 Å². The third kappa shape index (κ3) is 4.35. The van der Waals surface area contributed by atoms with Gasteiger partial charge >= 0.3 is 0 Å². The molecular weight excluding hydrogens is 240 g/mol. The Balaban J connectivity index is 1.77. The Morgan fingerprint density at radius 3 is 2.79 bits per heavy atom. The van der Waals surface area contributed by atoms with Crippen LogP contribution in [-0.4, -0.2) is 48.7 Å². The molecule has 1 saturated heterocycles. The summed E-state index contributed by atoms with van der Waals surface area (Å²) in [5.74, 6) is 2.12. The molecule has 1 aliphatic heterocycles. The van der Waals surface area contributed by atoms with Gasteiger partial charge in [-0.1, -0.05) is 0 Å². The van der Waals surface area contributed by atoms with Gasteiger partial charge in [-0.3, -0.25) is 0 Å². The molecule has 1 N–H and O–H groups in total. The fourth-order valence-corrected chi connectivity index (χ4v) is 2.46. The number of nitrogens with zero attached hydrogens (tertiary/aromatic N) is 3. The minimum atomic E-state index is 0.620. The maximum Gasteiger partial charge on any atom is 0.226 e. The molecular formula is C14H24N4O. The smallest absolute Gasteiger partial charge is 0.226 e. The summed E-state index contributed by atoms with van der Waals surface area (Å²) in [6.07, 6.45) is 3.79. The number of hydrogen-bond acceptors (Lipinski definition) is 5. The van der Waals surface area contributed by atoms with Gasteiger partial charge in [0, 0.05) is 18.3 Å². The fourth-order valence-electron chi connectivity index (χ4n) is 2.46. The first kappa shape index (κ1) is 14.1. The van der Waals surface area contributed by atoms with Crippen molar-refractivity contribution in [3.8, 4) is 5.88 Å². The molecule has 1 fully saturated rings. The van der Waals surface area contributed by atoms with Crippen LogP contribution in [0.25, 0.3) is 0 Å². The summed E-state index contributed by atoms with van der Waals surface area (Å²) < 4.78 is 5.15. The van der Waals surface area contributed by atoms with Crippen molar-refractivity contribution < 1.29 is 4.74 Å². The Bertz CT molecular complexity index is 402. The summed E-state index contributed by atoms with van der Waals surface area (Å²) in [5.41, 5.74) is 0.925. The van der Waals surface area contributed by atoms with E-state index in [0.29, 0.717) is 11.8 Å². The first-order chi connectivity index (χ1) is 9.17. The third-order valence-corrected chi connectivity index (χ3v) is 3.71. The number of rotatable bonds is 5. The van der Waals surface area contributed by atoms with Crippen molar-refractivity contribution in [3.05, 3.63) is 11.8 Å². The molecule has 0 aromatic carbocycles. The Labute approximate surface area is 115 Å². The number of hydrogen-bond donors (Lipinski definition) is 1. The van der Waals surface area contributed by atoms with Crippen LogP contribution in [0.5, 0.6) is 5.88 Å². The van der Waals surface area contributed by atoms with Crippen LogP contribution in [0.2, 0.25) is 0 Å². The number of likely N-dealkylation sites (tertiary alicyclic amines) is 1. The van der Waals surface area contributed by atoms with Crippen molar-refractivity contribution in [3.63, 3.8) is 0 Å². The van der Waals surface area contributed by atoms with E-state index in [0.717, 1.165) is 18.2 Å². The van der Waals surface area contributed by atoms with Crippen molar-refractivity contribution >= 4 is 5.95 Å². The highest BCUT2D eigenvalue weighted by Gasteiger charge is 2.16. The number of aromatic nitrogens is 2. The second-order valence-electron chi connectivity index (χ2n) is 5.34. The molecule has 1 aromatic rings. The predicted molar refractivity (Wildman–Crippen MR) is 76.6 cm³/mol. The van der Waals surface area contributed by atoms with Crippen LogP contribution >= 0.6 is 0 Å². The topological polar surface area (TPSA) is 50.3 Å². The van der Waals surface area contributed by atoms with E-state index in [-0.39, 0.29) is 0 Å². The molecule has 0 aliphatic carbocycles. The van der Waals surface area contributed by atoms with Gasteiger partial charge in [-0.15, -0.1) is 0 Å². The highest BCUT2D eigenvalue weighted by Crippen LogP contribution is 2.19. The van der Waals surface area contributed by atoms with Crippen molar-refractivity contribution in [1.29, 1.82) is 0 Å². The first-order valence-electron chi connectivity index (χ1n) is 6.99. The molecule has 0 spiro atoms. The maximum atomic E-state index is 5.15. The lowest BCUT2D eigenvalue weighted by molar-refractivity contribution is 0.215. The van der Waals surface area contributed by atoms with E-state index in [1.54, 1.807) is 7.11 Å². The highest BCUT2D eigenvalue weighted by atomic mass is 16.5. The molecule has 0 amide bonds. The lowest BCUT2D eigenvalue weighted by Gasteiger charge is -2.28. The maximum absolute atomic E-state index is 5.15. The molecule has 5 heteroatoms. The molecule has 0 bridgehead atoms. The zero-order valence-electron chi connectivity index (χ0n) is 12.1. The fraction of sp³-hybridized carbons (Fsp3) is 0.714. The molecule has 1 aliphatic rings. The summed E-state index contributed by atoms with van der Waals surface area (Å²) >= 11 is 0. The number of aryl methyl sites for hydroxylation is 1. The van der Waals surface area contributed by atoms with E-state index >= 15 is 0 Å². The predicted octanol–water partition coefficient (Wildman–Crippen LogP) is 1.94. The standard InChI is InChI=1S/C14H24N4O/c1-11-10-13(19-3)17-14(16-11)15-7-4-12-5-8-18(2)9-6-12/h10,12H,4-9H2,1-3H3,(H,15,16,17). The zero-order valence-corrected chi connectivity index (χ0v) is 12.1. The molecule has 19 heavy (non-hydrogen) atoms. The van der Waals surface area contributed by atoms with Crippen molar-refractivity contribution in [1.82, 2.24) is 14.9 Å². The second-order valence-corrected chi connectivity index (χ2v) is 5.34. The largest absolute Gasteiger partial charge is 0.481 e. The minimum Gasteiger partial charge on any atom is -0.481 e. The van der Waals surface area contributed by atoms with Gasteiger partial charge < -0.3 is 15.0 Å². The average molecular weight is 264 g/mol. The molecule has 0 atom stereocenters. The molecule has 106 valence electrons. The molecule has 2 heterocycles. The van der Waals surface area contributed by atoms with Gasteiger partial charge in [0.25, 0.3) is 0 Å². The number of nitrogens with one attached hydrogen (secondary N) is 1. The monoisotopic (exact) mass is 264 g/mol. The molecule has 0 radical (unpaired) electrons. The first-order valence-corrected chi connectivity index (χ1v) is 6.99. The lowest BCUT2D eigenvalue weighted by atomic mass is 9.94. The van der Waals surface area contributed by atoms with Gasteiger partial charge in [0.05, 0.1) is 7.11 Å². The number of piperidine rings is 1. The summed E-state index contributed by atoms with van der Waals surface area (Å²) in [7, 11) is 3.82. The van der Waals surface area contributed by atoms with Crippen LogP contribution in [0.4, 0.5) is 5.95 Å². The summed E-state index contributed by atoms with van der Waals surface area (Å²) in [6, 6.07) is 1.84. The SMILES string of the molecule is COc1cc(C)nc(NCCC2CCN(C)CC2)n1. The average Bonchev–Trinajstić information content (AvgIpc) is 2.40. The van der Waals surface area contributed by atoms with E-state index in [2.05, 4.69) is 27.2 Å². The van der Waals surface area contributed by atoms with Crippen LogP contribution in [0.1, 0.15) is 25.0 Å². The van der Waals surface area contributed by atoms with Gasteiger partial charge in [0.1, 0.15) is 0 Å². The van der Waals surface area contributed by atoms with E-state index in [1.165, 1.54) is 32.4 Å². The van der Waals surface area contributed by atoms with E-state index in [9.17, 15) is 0 Å². The Hall–Kier alpha value is -1.36. The lowest BCUT2D eigenvalue weighted by Crippen LogP contribution is -2.30. The van der Waals surface area contributed by atoms with Crippen molar-refractivity contribution in [2.24, 2.45) is 5.92 Å². The zero-order chi connectivity index (χ0) is 13.7. The quantitative estimate of drug-likeness (QED) is 0.880. The molecule has 0 saturated carbocycles. The van der Waals surface area contributed by atoms with Crippen LogP contribution < -0.4 is 10.1 Å². The Kier molecular flexibility index (Phi) is 4.96. The van der Waals surface area contributed by atoms with Gasteiger partial charge in [-0.05, 0) is 52.2 Å². The Morgan fingerprint density at radius 2 is 2.11 bits per heavy atom. The van der Waals surface area contributed by atoms with Gasteiger partial charge in [0.15, 0.2) is 0 Å². The summed E-state index contributed by atoms with van der Waals surface area (Å²) in [6.45, 7) is 5.33. The second kappa shape index (κ2) is 6.70. The van der Waals surface area contributed by atoms with Crippen molar-refractivity contribution in [2.45, 2.75) is 26.2 Å². The van der Waals surface area contributed by atoms with Crippen LogP contribution in [0, 0.1) is 12.8 Å². The summed E-state index contributed by atoms with van der Waals surface area (Å²) in [5, 5.41) is 3.30. The number of ether oxygens (including phenoxy) is 1. The van der Waals surface area contributed by atoms with Crippen LogP contribution in [-0.2, 0) is 0 Å². The normalized spacial score (nSPS) is 17.4. The molecule has 2 rings (SSSR count). The highest BCUT2D eigenvalue weighted by molar-refractivity contribution is 5.30. The summed E-state index contributed by atoms with van der Waals surface area (Å²) in [4.78, 5) is 11.1. The van der Waals surface area contributed by atoms with E-state index in [1.807, 2.05) is 13.0 Å². The number of anilines is 1. The number of methoxy groups -OCH3 is 1.